The van der Waals surface area contributed by atoms with E-state index in [1.165, 1.54) is 0 Å². The molecule has 4 aromatic rings. The van der Waals surface area contributed by atoms with Gasteiger partial charge in [-0.25, -0.2) is 9.97 Å². The molecule has 3 N–H and O–H groups in total. The Morgan fingerprint density at radius 3 is 2.92 bits per heavy atom. The molecule has 0 radical (unpaired) electrons. The highest BCUT2D eigenvalue weighted by atomic mass is 16.1. The number of imidazole rings is 1. The van der Waals surface area contributed by atoms with Gasteiger partial charge in [0.25, 0.3) is 0 Å². The summed E-state index contributed by atoms with van der Waals surface area (Å²) in [6.07, 6.45) is 3.83. The number of hydrogen-bond donors (Lipinski definition) is 3. The topological polar surface area (TPSA) is 86.5 Å². The minimum Gasteiger partial charge on any atom is -0.361 e. The fourth-order valence-corrected chi connectivity index (χ4v) is 2.92. The zero-order chi connectivity index (χ0) is 17.4. The number of aromatic amines is 2. The number of rotatable bonds is 4. The van der Waals surface area contributed by atoms with E-state index in [0.29, 0.717) is 23.7 Å². The number of aromatic nitrogens is 4. The van der Waals surface area contributed by atoms with Crippen molar-refractivity contribution in [1.29, 1.82) is 0 Å². The molecule has 0 saturated heterocycles. The largest absolute Gasteiger partial charge is 0.361 e. The normalized spacial score (nSPS) is 11.5. The monoisotopic (exact) mass is 333 g/mol. The van der Waals surface area contributed by atoms with Gasteiger partial charge in [-0.15, -0.1) is 0 Å². The van der Waals surface area contributed by atoms with Crippen LogP contribution in [0, 0.1) is 0 Å². The van der Waals surface area contributed by atoms with E-state index in [0.717, 1.165) is 27.8 Å². The number of amides is 1. The molecule has 4 rings (SSSR count). The van der Waals surface area contributed by atoms with Crippen LogP contribution in [0.5, 0.6) is 0 Å². The van der Waals surface area contributed by atoms with Crippen molar-refractivity contribution in [2.75, 3.05) is 5.32 Å². The van der Waals surface area contributed by atoms with Crippen LogP contribution in [0.3, 0.4) is 0 Å². The molecule has 1 amide bonds. The second kappa shape index (κ2) is 6.05. The summed E-state index contributed by atoms with van der Waals surface area (Å²) in [6.45, 7) is 4.14. The molecule has 3 heterocycles. The molecular formula is C19H19N5O. The molecule has 126 valence electrons. The van der Waals surface area contributed by atoms with Gasteiger partial charge < -0.3 is 15.3 Å². The molecule has 6 heteroatoms. The van der Waals surface area contributed by atoms with E-state index in [1.54, 1.807) is 6.20 Å². The molecule has 6 nitrogen and oxygen atoms in total. The molecule has 0 fully saturated rings. The maximum Gasteiger partial charge on any atom is 0.228 e. The van der Waals surface area contributed by atoms with E-state index in [1.807, 2.05) is 36.5 Å². The summed E-state index contributed by atoms with van der Waals surface area (Å²) in [5.41, 5.74) is 4.17. The Morgan fingerprint density at radius 2 is 2.08 bits per heavy atom. The smallest absolute Gasteiger partial charge is 0.228 e. The lowest BCUT2D eigenvalue weighted by Gasteiger charge is -2.04. The Labute approximate surface area is 144 Å². The van der Waals surface area contributed by atoms with Crippen molar-refractivity contribution in [3.05, 3.63) is 54.1 Å². The van der Waals surface area contributed by atoms with Crippen LogP contribution in [0.15, 0.2) is 42.7 Å². The van der Waals surface area contributed by atoms with Crippen molar-refractivity contribution in [3.63, 3.8) is 0 Å². The summed E-state index contributed by atoms with van der Waals surface area (Å²) < 4.78 is 0. The van der Waals surface area contributed by atoms with E-state index in [9.17, 15) is 4.79 Å². The zero-order valence-corrected chi connectivity index (χ0v) is 14.1. The number of carbonyl (C=O) groups is 1. The van der Waals surface area contributed by atoms with Gasteiger partial charge in [-0.05, 0) is 17.7 Å². The van der Waals surface area contributed by atoms with E-state index >= 15 is 0 Å². The Morgan fingerprint density at radius 1 is 1.24 bits per heavy atom. The van der Waals surface area contributed by atoms with Gasteiger partial charge in [-0.1, -0.05) is 32.0 Å². The molecule has 0 aliphatic heterocycles. The quantitative estimate of drug-likeness (QED) is 0.531. The molecule has 25 heavy (non-hydrogen) atoms. The fraction of sp³-hybridized carbons (Fsp3) is 0.211. The first kappa shape index (κ1) is 15.4. The second-order valence-electron chi connectivity index (χ2n) is 6.46. The number of benzene rings is 1. The van der Waals surface area contributed by atoms with Crippen molar-refractivity contribution in [2.45, 2.75) is 26.2 Å². The van der Waals surface area contributed by atoms with Crippen molar-refractivity contribution in [2.24, 2.45) is 0 Å². The zero-order valence-electron chi connectivity index (χ0n) is 14.1. The van der Waals surface area contributed by atoms with Crippen molar-refractivity contribution in [1.82, 2.24) is 19.9 Å². The third kappa shape index (κ3) is 2.98. The van der Waals surface area contributed by atoms with Gasteiger partial charge in [0.05, 0.1) is 23.8 Å². The molecule has 0 saturated carbocycles. The number of nitrogens with one attached hydrogen (secondary N) is 3. The lowest BCUT2D eigenvalue weighted by molar-refractivity contribution is -0.115. The second-order valence-corrected chi connectivity index (χ2v) is 6.46. The number of hydrogen-bond acceptors (Lipinski definition) is 3. The Hall–Kier alpha value is -3.15. The molecule has 1 aromatic carbocycles. The predicted molar refractivity (Wildman–Crippen MR) is 98.6 cm³/mol. The molecule has 0 bridgehead atoms. The standard InChI is InChI=1S/C19H19N5O/c1-11(2)18-23-16-8-13(10-21-19(16)24-18)22-17(25)7-12-9-20-15-6-4-3-5-14(12)15/h3-6,8-11,20H,7H2,1-2H3,(H,22,25)(H,21,23,24). The maximum absolute atomic E-state index is 12.4. The molecule has 0 atom stereocenters. The summed E-state index contributed by atoms with van der Waals surface area (Å²) in [5, 5.41) is 3.98. The summed E-state index contributed by atoms with van der Waals surface area (Å²) in [4.78, 5) is 27.6. The van der Waals surface area contributed by atoms with Crippen LogP contribution in [-0.4, -0.2) is 25.8 Å². The summed E-state index contributed by atoms with van der Waals surface area (Å²) in [7, 11) is 0. The van der Waals surface area contributed by atoms with Gasteiger partial charge in [0, 0.05) is 23.0 Å². The van der Waals surface area contributed by atoms with Crippen molar-refractivity contribution < 1.29 is 4.79 Å². The van der Waals surface area contributed by atoms with Crippen LogP contribution in [0.1, 0.15) is 31.2 Å². The molecule has 0 aliphatic carbocycles. The molecule has 0 unspecified atom stereocenters. The van der Waals surface area contributed by atoms with Crippen LogP contribution in [-0.2, 0) is 11.2 Å². The lowest BCUT2D eigenvalue weighted by atomic mass is 10.1. The number of nitrogens with zero attached hydrogens (tertiary/aromatic N) is 2. The number of fused-ring (bicyclic) bond motifs is 2. The Bertz CT molecular complexity index is 1060. The molecule has 3 aromatic heterocycles. The average molecular weight is 333 g/mol. The third-order valence-corrected chi connectivity index (χ3v) is 4.21. The SMILES string of the molecule is CC(C)c1nc2ncc(NC(=O)Cc3c[nH]c4ccccc34)cc2[nH]1. The van der Waals surface area contributed by atoms with E-state index < -0.39 is 0 Å². The highest BCUT2D eigenvalue weighted by molar-refractivity contribution is 5.96. The number of pyridine rings is 1. The molecule has 0 aliphatic rings. The summed E-state index contributed by atoms with van der Waals surface area (Å²) in [6, 6.07) is 9.83. The van der Waals surface area contributed by atoms with Crippen LogP contribution >= 0.6 is 0 Å². The predicted octanol–water partition coefficient (Wildman–Crippen LogP) is 3.74. The fourth-order valence-electron chi connectivity index (χ4n) is 2.92. The average Bonchev–Trinajstić information content (AvgIpc) is 3.19. The van der Waals surface area contributed by atoms with Crippen molar-refractivity contribution in [3.8, 4) is 0 Å². The first-order chi connectivity index (χ1) is 12.1. The first-order valence-corrected chi connectivity index (χ1v) is 8.30. The number of anilines is 1. The van der Waals surface area contributed by atoms with Gasteiger partial charge in [-0.2, -0.15) is 0 Å². The molecule has 0 spiro atoms. The van der Waals surface area contributed by atoms with Crippen LogP contribution < -0.4 is 5.32 Å². The Kier molecular flexibility index (Phi) is 3.72. The third-order valence-electron chi connectivity index (χ3n) is 4.21. The van der Waals surface area contributed by atoms with Crippen molar-refractivity contribution >= 4 is 33.7 Å². The van der Waals surface area contributed by atoms with Gasteiger partial charge in [0.15, 0.2) is 5.65 Å². The minimum atomic E-state index is -0.0745. The van der Waals surface area contributed by atoms with E-state index in [2.05, 4.69) is 39.1 Å². The van der Waals surface area contributed by atoms with Gasteiger partial charge >= 0.3 is 0 Å². The van der Waals surface area contributed by atoms with Gasteiger partial charge in [0.1, 0.15) is 5.82 Å². The van der Waals surface area contributed by atoms with Crippen LogP contribution in [0.2, 0.25) is 0 Å². The summed E-state index contributed by atoms with van der Waals surface area (Å²) >= 11 is 0. The molecular weight excluding hydrogens is 314 g/mol. The number of para-hydroxylation sites is 1. The highest BCUT2D eigenvalue weighted by Gasteiger charge is 2.11. The van der Waals surface area contributed by atoms with Gasteiger partial charge in [0.2, 0.25) is 5.91 Å². The van der Waals surface area contributed by atoms with E-state index in [-0.39, 0.29) is 5.91 Å². The van der Waals surface area contributed by atoms with Gasteiger partial charge in [-0.3, -0.25) is 4.79 Å². The van der Waals surface area contributed by atoms with E-state index in [4.69, 9.17) is 0 Å². The first-order valence-electron chi connectivity index (χ1n) is 8.30. The number of carbonyl (C=O) groups excluding carboxylic acids is 1. The maximum atomic E-state index is 12.4. The highest BCUT2D eigenvalue weighted by Crippen LogP contribution is 2.20. The Balaban J connectivity index is 1.53. The number of H-pyrrole nitrogens is 2. The lowest BCUT2D eigenvalue weighted by Crippen LogP contribution is -2.14. The van der Waals surface area contributed by atoms with Crippen LogP contribution in [0.4, 0.5) is 5.69 Å². The minimum absolute atomic E-state index is 0.0745. The van der Waals surface area contributed by atoms with Crippen LogP contribution in [0.25, 0.3) is 22.1 Å². The summed E-state index contributed by atoms with van der Waals surface area (Å²) in [5.74, 6) is 1.12.